The van der Waals surface area contributed by atoms with Gasteiger partial charge < -0.3 is 9.47 Å². The minimum atomic E-state index is -0.436. The first-order chi connectivity index (χ1) is 10.6. The summed E-state index contributed by atoms with van der Waals surface area (Å²) >= 11 is 12.2. The average molecular weight is 337 g/mol. The van der Waals surface area contributed by atoms with E-state index in [9.17, 15) is 4.79 Å². The van der Waals surface area contributed by atoms with Crippen LogP contribution in [0.25, 0.3) is 6.08 Å². The van der Waals surface area contributed by atoms with Gasteiger partial charge in [0, 0.05) is 16.7 Å². The van der Waals surface area contributed by atoms with E-state index in [0.717, 1.165) is 11.1 Å². The Labute approximate surface area is 139 Å². The van der Waals surface area contributed by atoms with Crippen LogP contribution in [0.15, 0.2) is 54.2 Å². The number of carbonyl (C=O) groups excluding carboxylic acids is 1. The zero-order valence-electron chi connectivity index (χ0n) is 11.9. The minimum Gasteiger partial charge on any atom is -0.487 e. The highest BCUT2D eigenvalue weighted by Gasteiger charge is 2.09. The summed E-state index contributed by atoms with van der Waals surface area (Å²) in [5.74, 6) is 0.0798. The topological polar surface area (TPSA) is 35.5 Å². The van der Waals surface area contributed by atoms with Gasteiger partial charge in [-0.1, -0.05) is 47.5 Å². The van der Waals surface area contributed by atoms with Gasteiger partial charge in [0.15, 0.2) is 0 Å². The molecule has 3 nitrogen and oxygen atoms in total. The van der Waals surface area contributed by atoms with Gasteiger partial charge in [0.05, 0.1) is 12.1 Å². The molecule has 0 aliphatic heterocycles. The Morgan fingerprint density at radius 1 is 1.23 bits per heavy atom. The predicted octanol–water partition coefficient (Wildman–Crippen LogP) is 4.61. The third-order valence-electron chi connectivity index (χ3n) is 2.83. The predicted molar refractivity (Wildman–Crippen MR) is 89.4 cm³/mol. The molecule has 0 saturated carbocycles. The van der Waals surface area contributed by atoms with Crippen molar-refractivity contribution < 1.29 is 14.3 Å². The molecule has 1 aromatic rings. The number of carbonyl (C=O) groups is 1. The zero-order chi connectivity index (χ0) is 15.9. The molecule has 0 N–H and O–H groups in total. The monoisotopic (exact) mass is 336 g/mol. The number of methoxy groups -OCH3 is 1. The molecule has 0 spiro atoms. The van der Waals surface area contributed by atoms with Gasteiger partial charge in [-0.2, -0.15) is 0 Å². The molecule has 0 atom stereocenters. The van der Waals surface area contributed by atoms with Gasteiger partial charge in [-0.15, -0.1) is 0 Å². The summed E-state index contributed by atoms with van der Waals surface area (Å²) in [6.45, 7) is 0.193. The molecule has 1 aromatic carbocycles. The Bertz CT molecular complexity index is 671. The molecule has 1 aliphatic carbocycles. The van der Waals surface area contributed by atoms with E-state index in [-0.39, 0.29) is 6.61 Å². The quantitative estimate of drug-likeness (QED) is 0.581. The summed E-state index contributed by atoms with van der Waals surface area (Å²) in [4.78, 5) is 11.0. The molecule has 0 fully saturated rings. The molecule has 5 heteroatoms. The maximum Gasteiger partial charge on any atom is 0.330 e. The molecule has 0 amide bonds. The highest BCUT2D eigenvalue weighted by atomic mass is 35.5. The van der Waals surface area contributed by atoms with Crippen molar-refractivity contribution in [2.75, 3.05) is 13.7 Å². The molecule has 0 saturated heterocycles. The summed E-state index contributed by atoms with van der Waals surface area (Å²) in [5, 5.41) is 0.942. The lowest BCUT2D eigenvalue weighted by atomic mass is 10.1. The molecule has 0 unspecified atom stereocenters. The first kappa shape index (κ1) is 16.4. The number of allylic oxidation sites excluding steroid dienone is 5. The third-order valence-corrected chi connectivity index (χ3v) is 3.33. The van der Waals surface area contributed by atoms with Crippen LogP contribution in [0.2, 0.25) is 10.0 Å². The van der Waals surface area contributed by atoms with E-state index in [2.05, 4.69) is 4.74 Å². The minimum absolute atomic E-state index is 0.193. The van der Waals surface area contributed by atoms with Crippen LogP contribution in [-0.2, 0) is 9.53 Å². The fraction of sp³-hybridized carbons (Fsp3) is 0.118. The molecule has 2 rings (SSSR count). The Balaban J connectivity index is 2.20. The van der Waals surface area contributed by atoms with Crippen molar-refractivity contribution in [3.63, 3.8) is 0 Å². The normalized spacial score (nSPS) is 13.0. The average Bonchev–Trinajstić information content (AvgIpc) is 2.98. The fourth-order valence-corrected chi connectivity index (χ4v) is 2.41. The van der Waals surface area contributed by atoms with Crippen LogP contribution in [0.5, 0.6) is 5.75 Å². The lowest BCUT2D eigenvalue weighted by molar-refractivity contribution is -0.134. The molecule has 114 valence electrons. The second-order valence-electron chi connectivity index (χ2n) is 4.41. The van der Waals surface area contributed by atoms with E-state index in [1.807, 2.05) is 30.4 Å². The van der Waals surface area contributed by atoms with Gasteiger partial charge in [0.25, 0.3) is 0 Å². The van der Waals surface area contributed by atoms with Crippen molar-refractivity contribution >= 4 is 35.2 Å². The summed E-state index contributed by atoms with van der Waals surface area (Å²) in [6, 6.07) is 3.39. The number of hydrogen-bond donors (Lipinski definition) is 0. The van der Waals surface area contributed by atoms with Crippen LogP contribution < -0.4 is 4.74 Å². The Morgan fingerprint density at radius 3 is 2.64 bits per heavy atom. The molecule has 0 aromatic heterocycles. The maximum atomic E-state index is 11.0. The highest BCUT2D eigenvalue weighted by Crippen LogP contribution is 2.34. The van der Waals surface area contributed by atoms with E-state index in [0.29, 0.717) is 15.8 Å². The molecule has 1 aliphatic rings. The molecule has 0 bridgehead atoms. The highest BCUT2D eigenvalue weighted by molar-refractivity contribution is 6.35. The van der Waals surface area contributed by atoms with Crippen molar-refractivity contribution in [2.45, 2.75) is 0 Å². The Morgan fingerprint density at radius 2 is 1.95 bits per heavy atom. The van der Waals surface area contributed by atoms with E-state index in [1.165, 1.54) is 13.2 Å². The van der Waals surface area contributed by atoms with Crippen molar-refractivity contribution in [1.29, 1.82) is 0 Å². The van der Waals surface area contributed by atoms with Crippen LogP contribution in [-0.4, -0.2) is 19.7 Å². The standard InChI is InChI=1S/C17H14Cl2O3/c1-21-16(20)7-4-8-22-17-13(9-12-5-2-3-6-12)10-14(18)11-15(17)19/h2-7,9-11H,8H2,1H3/b7-4+. The lowest BCUT2D eigenvalue weighted by Crippen LogP contribution is -1.99. The van der Waals surface area contributed by atoms with Gasteiger partial charge in [0.2, 0.25) is 0 Å². The van der Waals surface area contributed by atoms with Crippen molar-refractivity contribution in [1.82, 2.24) is 0 Å². The van der Waals surface area contributed by atoms with E-state index >= 15 is 0 Å². The molecule has 0 heterocycles. The molecular weight excluding hydrogens is 323 g/mol. The number of benzene rings is 1. The zero-order valence-corrected chi connectivity index (χ0v) is 13.4. The lowest BCUT2D eigenvalue weighted by Gasteiger charge is -2.10. The smallest absolute Gasteiger partial charge is 0.330 e. The number of hydrogen-bond acceptors (Lipinski definition) is 3. The number of halogens is 2. The van der Waals surface area contributed by atoms with Crippen molar-refractivity contribution in [2.24, 2.45) is 0 Å². The van der Waals surface area contributed by atoms with Gasteiger partial charge >= 0.3 is 5.97 Å². The fourth-order valence-electron chi connectivity index (χ4n) is 1.85. The SMILES string of the molecule is COC(=O)/C=C/COc1c(Cl)cc(Cl)cc1C=C1C=CC=C1. The first-order valence-electron chi connectivity index (χ1n) is 6.53. The van der Waals surface area contributed by atoms with Crippen LogP contribution in [0.3, 0.4) is 0 Å². The van der Waals surface area contributed by atoms with Gasteiger partial charge in [-0.05, 0) is 29.9 Å². The Kier molecular flexibility index (Phi) is 5.87. The number of esters is 1. The van der Waals surface area contributed by atoms with Crippen LogP contribution in [0.4, 0.5) is 0 Å². The Hall–Kier alpha value is -1.97. The summed E-state index contributed by atoms with van der Waals surface area (Å²) in [6.07, 6.45) is 12.6. The van der Waals surface area contributed by atoms with Crippen LogP contribution in [0.1, 0.15) is 5.56 Å². The second-order valence-corrected chi connectivity index (χ2v) is 5.25. The second kappa shape index (κ2) is 7.87. The van der Waals surface area contributed by atoms with E-state index in [1.54, 1.807) is 18.2 Å². The number of rotatable bonds is 5. The summed E-state index contributed by atoms with van der Waals surface area (Å²) in [7, 11) is 1.32. The third kappa shape index (κ3) is 4.52. The number of ether oxygens (including phenoxy) is 2. The van der Waals surface area contributed by atoms with Gasteiger partial charge in [-0.25, -0.2) is 4.79 Å². The molecular formula is C17H14Cl2O3. The van der Waals surface area contributed by atoms with Crippen molar-refractivity contribution in [3.05, 3.63) is 69.8 Å². The van der Waals surface area contributed by atoms with E-state index < -0.39 is 5.97 Å². The molecule has 0 radical (unpaired) electrons. The van der Waals surface area contributed by atoms with Crippen LogP contribution in [0, 0.1) is 0 Å². The maximum absolute atomic E-state index is 11.0. The van der Waals surface area contributed by atoms with Gasteiger partial charge in [-0.3, -0.25) is 0 Å². The largest absolute Gasteiger partial charge is 0.487 e. The summed E-state index contributed by atoms with van der Waals surface area (Å²) < 4.78 is 10.2. The van der Waals surface area contributed by atoms with E-state index in [4.69, 9.17) is 27.9 Å². The van der Waals surface area contributed by atoms with Crippen LogP contribution >= 0.6 is 23.2 Å². The summed E-state index contributed by atoms with van der Waals surface area (Å²) in [5.41, 5.74) is 1.79. The van der Waals surface area contributed by atoms with Crippen molar-refractivity contribution in [3.8, 4) is 5.75 Å². The first-order valence-corrected chi connectivity index (χ1v) is 7.28. The molecule has 22 heavy (non-hydrogen) atoms. The van der Waals surface area contributed by atoms with Gasteiger partial charge in [0.1, 0.15) is 12.4 Å².